The number of ketones is 1. The Balaban J connectivity index is 2.39. The van der Waals surface area contributed by atoms with Crippen LogP contribution in [0, 0.1) is 0 Å². The Labute approximate surface area is 121 Å². The third-order valence-electron chi connectivity index (χ3n) is 3.41. The Kier molecular flexibility index (Phi) is 6.46. The van der Waals surface area contributed by atoms with Gasteiger partial charge in [-0.3, -0.25) is 4.79 Å². The zero-order valence-corrected chi connectivity index (χ0v) is 12.6. The Morgan fingerprint density at radius 1 is 1.40 bits per heavy atom. The molecule has 1 rings (SSSR count). The van der Waals surface area contributed by atoms with E-state index in [2.05, 4.69) is 6.58 Å². The minimum Gasteiger partial charge on any atom is -0.491 e. The van der Waals surface area contributed by atoms with Crippen LogP contribution in [0.2, 0.25) is 0 Å². The van der Waals surface area contributed by atoms with Gasteiger partial charge in [0.15, 0.2) is 5.78 Å². The van der Waals surface area contributed by atoms with Crippen LogP contribution in [0.1, 0.15) is 33.6 Å². The lowest BCUT2D eigenvalue weighted by molar-refractivity contribution is -0.138. The maximum atomic E-state index is 11.8. The molecule has 2 unspecified atom stereocenters. The molecule has 0 aliphatic carbocycles. The number of ether oxygens (including phenoxy) is 2. The molecule has 3 nitrogen and oxygen atoms in total. The molecule has 20 heavy (non-hydrogen) atoms. The summed E-state index contributed by atoms with van der Waals surface area (Å²) in [5, 5.41) is 0. The lowest BCUT2D eigenvalue weighted by Crippen LogP contribution is -2.37. The molecule has 0 radical (unpaired) electrons. The lowest BCUT2D eigenvalue weighted by Gasteiger charge is -2.26. The average Bonchev–Trinajstić information content (AvgIpc) is 2.47. The van der Waals surface area contributed by atoms with Gasteiger partial charge in [-0.05, 0) is 38.5 Å². The van der Waals surface area contributed by atoms with Gasteiger partial charge in [0.05, 0.1) is 12.7 Å². The van der Waals surface area contributed by atoms with Crippen LogP contribution in [0.3, 0.4) is 0 Å². The SMILES string of the molecule is C=CC(=O)C(C)(CC)OCCC(C)Oc1ccccc1. The monoisotopic (exact) mass is 276 g/mol. The summed E-state index contributed by atoms with van der Waals surface area (Å²) < 4.78 is 11.5. The summed E-state index contributed by atoms with van der Waals surface area (Å²) in [5.74, 6) is 0.775. The van der Waals surface area contributed by atoms with Crippen molar-refractivity contribution in [2.45, 2.75) is 45.3 Å². The molecule has 0 bridgehead atoms. The molecule has 0 saturated heterocycles. The number of carbonyl (C=O) groups is 1. The fourth-order valence-corrected chi connectivity index (χ4v) is 1.80. The summed E-state index contributed by atoms with van der Waals surface area (Å²) in [6.07, 6.45) is 2.73. The normalized spacial score (nSPS) is 15.2. The Morgan fingerprint density at radius 2 is 2.05 bits per heavy atom. The van der Waals surface area contributed by atoms with Crippen molar-refractivity contribution in [3.05, 3.63) is 43.0 Å². The fourth-order valence-electron chi connectivity index (χ4n) is 1.80. The first kappa shape index (κ1) is 16.4. The van der Waals surface area contributed by atoms with E-state index in [0.29, 0.717) is 13.0 Å². The summed E-state index contributed by atoms with van der Waals surface area (Å²) in [6, 6.07) is 9.68. The van der Waals surface area contributed by atoms with Crippen LogP contribution >= 0.6 is 0 Å². The maximum Gasteiger partial charge on any atom is 0.186 e. The summed E-state index contributed by atoms with van der Waals surface area (Å²) in [7, 11) is 0. The molecule has 0 aliphatic heterocycles. The van der Waals surface area contributed by atoms with E-state index in [9.17, 15) is 4.79 Å². The molecule has 0 N–H and O–H groups in total. The van der Waals surface area contributed by atoms with Gasteiger partial charge < -0.3 is 9.47 Å². The highest BCUT2D eigenvalue weighted by molar-refractivity contribution is 5.96. The van der Waals surface area contributed by atoms with Crippen molar-refractivity contribution >= 4 is 5.78 Å². The van der Waals surface area contributed by atoms with Gasteiger partial charge in [0.25, 0.3) is 0 Å². The molecule has 0 spiro atoms. The van der Waals surface area contributed by atoms with Crippen molar-refractivity contribution in [3.8, 4) is 5.75 Å². The van der Waals surface area contributed by atoms with Gasteiger partial charge in [-0.15, -0.1) is 0 Å². The van der Waals surface area contributed by atoms with Crippen molar-refractivity contribution < 1.29 is 14.3 Å². The van der Waals surface area contributed by atoms with Gasteiger partial charge in [-0.2, -0.15) is 0 Å². The molecular formula is C17H24O3. The molecule has 0 saturated carbocycles. The van der Waals surface area contributed by atoms with Gasteiger partial charge in [0, 0.05) is 6.42 Å². The Hall–Kier alpha value is -1.61. The standard InChI is InChI=1S/C17H24O3/c1-5-16(18)17(4,6-2)19-13-12-14(3)20-15-10-8-7-9-11-15/h5,7-11,14H,1,6,12-13H2,2-4H3. The van der Waals surface area contributed by atoms with Crippen LogP contribution in [-0.2, 0) is 9.53 Å². The second kappa shape index (κ2) is 7.85. The van der Waals surface area contributed by atoms with Gasteiger partial charge in [-0.25, -0.2) is 0 Å². The van der Waals surface area contributed by atoms with Crippen LogP contribution < -0.4 is 4.74 Å². The average molecular weight is 276 g/mol. The molecule has 110 valence electrons. The maximum absolute atomic E-state index is 11.8. The van der Waals surface area contributed by atoms with Crippen LogP contribution in [0.4, 0.5) is 0 Å². The third kappa shape index (κ3) is 4.82. The van der Waals surface area contributed by atoms with Gasteiger partial charge in [0.1, 0.15) is 11.4 Å². The van der Waals surface area contributed by atoms with E-state index in [4.69, 9.17) is 9.47 Å². The highest BCUT2D eigenvalue weighted by Crippen LogP contribution is 2.19. The van der Waals surface area contributed by atoms with E-state index in [1.165, 1.54) is 6.08 Å². The second-order valence-electron chi connectivity index (χ2n) is 5.03. The number of hydrogen-bond donors (Lipinski definition) is 0. The van der Waals surface area contributed by atoms with Crippen molar-refractivity contribution in [1.82, 2.24) is 0 Å². The summed E-state index contributed by atoms with van der Waals surface area (Å²) in [6.45, 7) is 9.74. The van der Waals surface area contributed by atoms with E-state index >= 15 is 0 Å². The Bertz CT molecular complexity index is 427. The van der Waals surface area contributed by atoms with Crippen molar-refractivity contribution in [1.29, 1.82) is 0 Å². The van der Waals surface area contributed by atoms with E-state index in [1.54, 1.807) is 6.92 Å². The summed E-state index contributed by atoms with van der Waals surface area (Å²) in [5.41, 5.74) is -0.770. The topological polar surface area (TPSA) is 35.5 Å². The predicted molar refractivity (Wildman–Crippen MR) is 81.0 cm³/mol. The molecule has 0 heterocycles. The van der Waals surface area contributed by atoms with E-state index in [-0.39, 0.29) is 11.9 Å². The van der Waals surface area contributed by atoms with Gasteiger partial charge in [-0.1, -0.05) is 31.7 Å². The van der Waals surface area contributed by atoms with Gasteiger partial charge >= 0.3 is 0 Å². The van der Waals surface area contributed by atoms with E-state index in [1.807, 2.05) is 44.2 Å². The lowest BCUT2D eigenvalue weighted by atomic mass is 9.97. The first-order valence-electron chi connectivity index (χ1n) is 7.04. The summed E-state index contributed by atoms with van der Waals surface area (Å²) in [4.78, 5) is 11.8. The molecule has 2 atom stereocenters. The fraction of sp³-hybridized carbons (Fsp3) is 0.471. The molecular weight excluding hydrogens is 252 g/mol. The molecule has 1 aromatic rings. The number of rotatable bonds is 9. The van der Waals surface area contributed by atoms with E-state index in [0.717, 1.165) is 12.2 Å². The molecule has 1 aromatic carbocycles. The highest BCUT2D eigenvalue weighted by Gasteiger charge is 2.29. The smallest absolute Gasteiger partial charge is 0.186 e. The van der Waals surface area contributed by atoms with Crippen molar-refractivity contribution in [2.75, 3.05) is 6.61 Å². The predicted octanol–water partition coefficient (Wildman–Crippen LogP) is 3.78. The van der Waals surface area contributed by atoms with Gasteiger partial charge in [0.2, 0.25) is 0 Å². The van der Waals surface area contributed by atoms with E-state index < -0.39 is 5.60 Å². The molecule has 0 aliphatic rings. The third-order valence-corrected chi connectivity index (χ3v) is 3.41. The van der Waals surface area contributed by atoms with Crippen LogP contribution in [0.25, 0.3) is 0 Å². The molecule has 0 fully saturated rings. The molecule has 0 amide bonds. The second-order valence-corrected chi connectivity index (χ2v) is 5.03. The number of benzene rings is 1. The van der Waals surface area contributed by atoms with Crippen LogP contribution in [0.5, 0.6) is 5.75 Å². The number of hydrogen-bond acceptors (Lipinski definition) is 3. The van der Waals surface area contributed by atoms with Crippen LogP contribution in [-0.4, -0.2) is 24.1 Å². The summed E-state index contributed by atoms with van der Waals surface area (Å²) >= 11 is 0. The minimum absolute atomic E-state index is 0.0392. The number of para-hydroxylation sites is 1. The highest BCUT2D eigenvalue weighted by atomic mass is 16.5. The first-order valence-corrected chi connectivity index (χ1v) is 7.04. The minimum atomic E-state index is -0.770. The van der Waals surface area contributed by atoms with Crippen molar-refractivity contribution in [3.63, 3.8) is 0 Å². The molecule has 0 aromatic heterocycles. The largest absolute Gasteiger partial charge is 0.491 e. The zero-order valence-electron chi connectivity index (χ0n) is 12.6. The quantitative estimate of drug-likeness (QED) is 0.644. The number of carbonyl (C=O) groups excluding carboxylic acids is 1. The first-order chi connectivity index (χ1) is 9.51. The van der Waals surface area contributed by atoms with Crippen LogP contribution in [0.15, 0.2) is 43.0 Å². The Morgan fingerprint density at radius 3 is 2.60 bits per heavy atom. The molecule has 3 heteroatoms. The van der Waals surface area contributed by atoms with Crippen molar-refractivity contribution in [2.24, 2.45) is 0 Å². The zero-order chi connectivity index (χ0) is 15.0.